The molecule has 0 radical (unpaired) electrons. The van der Waals surface area contributed by atoms with Gasteiger partial charge in [-0.15, -0.1) is 0 Å². The lowest BCUT2D eigenvalue weighted by atomic mass is 9.87. The second kappa shape index (κ2) is 6.88. The van der Waals surface area contributed by atoms with Gasteiger partial charge in [0.05, 0.1) is 23.8 Å². The van der Waals surface area contributed by atoms with Gasteiger partial charge >= 0.3 is 0 Å². The van der Waals surface area contributed by atoms with Crippen molar-refractivity contribution in [2.45, 2.75) is 64.1 Å². The van der Waals surface area contributed by atoms with Gasteiger partial charge in [0.15, 0.2) is 5.78 Å². The zero-order valence-corrected chi connectivity index (χ0v) is 16.8. The third kappa shape index (κ3) is 3.28. The van der Waals surface area contributed by atoms with Crippen molar-refractivity contribution >= 4 is 5.78 Å². The van der Waals surface area contributed by atoms with Gasteiger partial charge in [-0.2, -0.15) is 5.26 Å². The first-order valence-electron chi connectivity index (χ1n) is 10.00. The molecule has 1 aromatic carbocycles. The van der Waals surface area contributed by atoms with Crippen molar-refractivity contribution in [3.8, 4) is 11.8 Å². The molecular formula is C23H27N3O2. The summed E-state index contributed by atoms with van der Waals surface area (Å²) in [4.78, 5) is 15.5. The number of nitrogens with zero attached hydrogens (tertiary/aromatic N) is 3. The van der Waals surface area contributed by atoms with Gasteiger partial charge in [-0.25, -0.2) is 0 Å². The maximum atomic E-state index is 13.2. The summed E-state index contributed by atoms with van der Waals surface area (Å²) in [6, 6.07) is 12.1. The molecule has 146 valence electrons. The first kappa shape index (κ1) is 18.9. The molecule has 0 saturated carbocycles. The van der Waals surface area contributed by atoms with Crippen molar-refractivity contribution < 1.29 is 9.90 Å². The smallest absolute Gasteiger partial charge is 0.178 e. The number of rotatable bonds is 4. The largest absolute Gasteiger partial charge is 0.390 e. The standard InChI is InChI=1S/C23H27N3O2/c1-15-10-21(16(2)26(15)18-6-4-17(13-24)5-7-18)22(27)14-25-19-8-9-20(25)12-23(3,28)11-19/h4-7,10,19-20,28H,8-9,11-12,14H2,1-3H3/t19-,20?,23?/m1/s1. The van der Waals surface area contributed by atoms with Crippen LogP contribution in [-0.2, 0) is 0 Å². The Morgan fingerprint density at radius 3 is 2.39 bits per heavy atom. The van der Waals surface area contributed by atoms with E-state index in [9.17, 15) is 9.90 Å². The van der Waals surface area contributed by atoms with E-state index in [-0.39, 0.29) is 5.78 Å². The van der Waals surface area contributed by atoms with Crippen molar-refractivity contribution in [1.29, 1.82) is 5.26 Å². The number of ketones is 1. The Labute approximate surface area is 166 Å². The molecule has 0 spiro atoms. The highest BCUT2D eigenvalue weighted by molar-refractivity contribution is 5.99. The maximum Gasteiger partial charge on any atom is 0.178 e. The average molecular weight is 377 g/mol. The van der Waals surface area contributed by atoms with Crippen molar-refractivity contribution in [3.63, 3.8) is 0 Å². The van der Waals surface area contributed by atoms with E-state index in [0.29, 0.717) is 24.2 Å². The number of fused-ring (bicyclic) bond motifs is 2. The van der Waals surface area contributed by atoms with E-state index in [4.69, 9.17) is 5.26 Å². The second-order valence-corrected chi connectivity index (χ2v) is 8.66. The lowest BCUT2D eigenvalue weighted by molar-refractivity contribution is -0.0360. The molecule has 3 heterocycles. The van der Waals surface area contributed by atoms with E-state index in [1.165, 1.54) is 0 Å². The molecule has 2 saturated heterocycles. The number of aromatic nitrogens is 1. The van der Waals surface area contributed by atoms with Gasteiger partial charge in [0, 0.05) is 34.7 Å². The SMILES string of the molecule is Cc1cc(C(=O)CN2C3CC[C@@H]2CC(C)(O)C3)c(C)n1-c1ccc(C#N)cc1. The van der Waals surface area contributed by atoms with Gasteiger partial charge < -0.3 is 9.67 Å². The van der Waals surface area contributed by atoms with Gasteiger partial charge in [-0.3, -0.25) is 9.69 Å². The fourth-order valence-electron chi connectivity index (χ4n) is 5.19. The number of aliphatic hydroxyl groups is 1. The molecule has 2 aliphatic rings. The summed E-state index contributed by atoms with van der Waals surface area (Å²) < 4.78 is 2.07. The summed E-state index contributed by atoms with van der Waals surface area (Å²) in [5.74, 6) is 0.145. The van der Waals surface area contributed by atoms with Crippen molar-refractivity contribution in [2.24, 2.45) is 0 Å². The first-order valence-corrected chi connectivity index (χ1v) is 10.00. The number of nitriles is 1. The molecule has 5 nitrogen and oxygen atoms in total. The van der Waals surface area contributed by atoms with Crippen LogP contribution in [0.25, 0.3) is 5.69 Å². The van der Waals surface area contributed by atoms with Crippen molar-refractivity contribution in [2.75, 3.05) is 6.54 Å². The van der Waals surface area contributed by atoms with Crippen LogP contribution < -0.4 is 0 Å². The number of hydrogen-bond acceptors (Lipinski definition) is 4. The average Bonchev–Trinajstić information content (AvgIpc) is 3.08. The summed E-state index contributed by atoms with van der Waals surface area (Å²) in [6.07, 6.45) is 3.64. The molecule has 0 aliphatic carbocycles. The Morgan fingerprint density at radius 2 is 1.82 bits per heavy atom. The number of hydrogen-bond donors (Lipinski definition) is 1. The Kier molecular flexibility index (Phi) is 4.65. The lowest BCUT2D eigenvalue weighted by Crippen LogP contribution is -2.51. The summed E-state index contributed by atoms with van der Waals surface area (Å²) >= 11 is 0. The molecular weight excluding hydrogens is 350 g/mol. The quantitative estimate of drug-likeness (QED) is 0.828. The number of benzene rings is 1. The van der Waals surface area contributed by atoms with Gasteiger partial charge in [-0.1, -0.05) is 0 Å². The van der Waals surface area contributed by atoms with Gasteiger partial charge in [-0.05, 0) is 76.8 Å². The molecule has 2 bridgehead atoms. The lowest BCUT2D eigenvalue weighted by Gasteiger charge is -2.41. The normalized spacial score (nSPS) is 27.0. The molecule has 1 N–H and O–H groups in total. The van der Waals surface area contributed by atoms with Crippen LogP contribution in [0, 0.1) is 25.2 Å². The molecule has 1 aromatic heterocycles. The molecule has 4 rings (SSSR count). The zero-order valence-electron chi connectivity index (χ0n) is 16.8. The van der Waals surface area contributed by atoms with Crippen LogP contribution in [0.1, 0.15) is 59.9 Å². The van der Waals surface area contributed by atoms with Crippen LogP contribution >= 0.6 is 0 Å². The first-order chi connectivity index (χ1) is 13.3. The molecule has 2 aliphatic heterocycles. The Bertz CT molecular complexity index is 933. The predicted molar refractivity (Wildman–Crippen MR) is 108 cm³/mol. The monoisotopic (exact) mass is 377 g/mol. The Hall–Kier alpha value is -2.42. The van der Waals surface area contributed by atoms with E-state index in [1.807, 2.05) is 39.0 Å². The highest BCUT2D eigenvalue weighted by Crippen LogP contribution is 2.40. The highest BCUT2D eigenvalue weighted by atomic mass is 16.3. The van der Waals surface area contributed by atoms with Crippen LogP contribution in [0.5, 0.6) is 0 Å². The number of piperidine rings is 1. The number of aryl methyl sites for hydroxylation is 1. The number of carbonyl (C=O) groups excluding carboxylic acids is 1. The topological polar surface area (TPSA) is 69.3 Å². The second-order valence-electron chi connectivity index (χ2n) is 8.66. The minimum atomic E-state index is -0.600. The molecule has 2 unspecified atom stereocenters. The predicted octanol–water partition coefficient (Wildman–Crippen LogP) is 3.53. The van der Waals surface area contributed by atoms with Crippen molar-refractivity contribution in [1.82, 2.24) is 9.47 Å². The van der Waals surface area contributed by atoms with Crippen LogP contribution in [0.3, 0.4) is 0 Å². The molecule has 2 fully saturated rings. The summed E-state index contributed by atoms with van der Waals surface area (Å²) in [5, 5.41) is 19.4. The molecule has 2 aromatic rings. The van der Waals surface area contributed by atoms with E-state index in [1.54, 1.807) is 12.1 Å². The van der Waals surface area contributed by atoms with Crippen LogP contribution in [0.2, 0.25) is 0 Å². The van der Waals surface area contributed by atoms with Crippen LogP contribution in [0.4, 0.5) is 0 Å². The van der Waals surface area contributed by atoms with Gasteiger partial charge in [0.2, 0.25) is 0 Å². The highest BCUT2D eigenvalue weighted by Gasteiger charge is 2.45. The Morgan fingerprint density at radius 1 is 1.21 bits per heavy atom. The molecule has 3 atom stereocenters. The van der Waals surface area contributed by atoms with Gasteiger partial charge in [0.25, 0.3) is 0 Å². The zero-order chi connectivity index (χ0) is 20.1. The van der Waals surface area contributed by atoms with Crippen molar-refractivity contribution in [3.05, 3.63) is 52.8 Å². The van der Waals surface area contributed by atoms with Crippen LogP contribution in [0.15, 0.2) is 30.3 Å². The molecule has 28 heavy (non-hydrogen) atoms. The third-order valence-electron chi connectivity index (χ3n) is 6.43. The van der Waals surface area contributed by atoms with E-state index in [0.717, 1.165) is 48.3 Å². The number of Topliss-reactive ketones (excluding diaryl/α,β-unsaturated/α-hetero) is 1. The third-order valence-corrected chi connectivity index (χ3v) is 6.43. The number of carbonyl (C=O) groups is 1. The summed E-state index contributed by atoms with van der Waals surface area (Å²) in [5.41, 5.74) is 3.69. The van der Waals surface area contributed by atoms with Crippen LogP contribution in [-0.4, -0.2) is 44.6 Å². The molecule has 5 heteroatoms. The summed E-state index contributed by atoms with van der Waals surface area (Å²) in [7, 11) is 0. The fraction of sp³-hybridized carbons (Fsp3) is 0.478. The van der Waals surface area contributed by atoms with E-state index < -0.39 is 5.60 Å². The Balaban J connectivity index is 1.57. The maximum absolute atomic E-state index is 13.2. The molecule has 0 amide bonds. The van der Waals surface area contributed by atoms with E-state index in [2.05, 4.69) is 15.5 Å². The minimum Gasteiger partial charge on any atom is -0.390 e. The summed E-state index contributed by atoms with van der Waals surface area (Å²) in [6.45, 7) is 6.32. The fourth-order valence-corrected chi connectivity index (χ4v) is 5.19. The van der Waals surface area contributed by atoms with Gasteiger partial charge in [0.1, 0.15) is 0 Å². The van der Waals surface area contributed by atoms with E-state index >= 15 is 0 Å². The minimum absolute atomic E-state index is 0.145.